The van der Waals surface area contributed by atoms with Gasteiger partial charge in [0.2, 0.25) is 5.82 Å². The Hall–Kier alpha value is -1.75. The number of benzene rings is 1. The zero-order chi connectivity index (χ0) is 12.4. The zero-order valence-corrected chi connectivity index (χ0v) is 10.5. The second-order valence-electron chi connectivity index (χ2n) is 4.76. The molecule has 0 radical (unpaired) electrons. The molecule has 1 aliphatic rings. The van der Waals surface area contributed by atoms with Crippen molar-refractivity contribution < 1.29 is 0 Å². The summed E-state index contributed by atoms with van der Waals surface area (Å²) in [5.41, 5.74) is 1.02. The molecule has 1 saturated carbocycles. The summed E-state index contributed by atoms with van der Waals surface area (Å²) in [6, 6.07) is 10.4. The van der Waals surface area contributed by atoms with E-state index in [2.05, 4.69) is 20.7 Å². The van der Waals surface area contributed by atoms with E-state index in [0.29, 0.717) is 17.8 Å². The molecule has 18 heavy (non-hydrogen) atoms. The highest BCUT2D eigenvalue weighted by Gasteiger charge is 2.33. The first kappa shape index (κ1) is 11.3. The van der Waals surface area contributed by atoms with Gasteiger partial charge in [0.15, 0.2) is 0 Å². The number of hydrogen-bond donors (Lipinski definition) is 1. The summed E-state index contributed by atoms with van der Waals surface area (Å²) < 4.78 is 0. The fraction of sp³-hybridized carbons (Fsp3) is 0.462. The minimum absolute atomic E-state index is 0.405. The Balaban J connectivity index is 1.78. The van der Waals surface area contributed by atoms with Crippen molar-refractivity contribution in [2.24, 2.45) is 5.92 Å². The lowest BCUT2D eigenvalue weighted by molar-refractivity contribution is 0.147. The minimum atomic E-state index is 0.405. The molecule has 94 valence electrons. The molecule has 0 spiro atoms. The Morgan fingerprint density at radius 3 is 2.78 bits per heavy atom. The van der Waals surface area contributed by atoms with Gasteiger partial charge < -0.3 is 5.32 Å². The van der Waals surface area contributed by atoms with Crippen LogP contribution in [0.3, 0.4) is 0 Å². The van der Waals surface area contributed by atoms with Gasteiger partial charge in [-0.05, 0) is 37.6 Å². The van der Waals surface area contributed by atoms with Crippen molar-refractivity contribution in [2.45, 2.75) is 18.9 Å². The van der Waals surface area contributed by atoms with Crippen molar-refractivity contribution in [3.05, 3.63) is 30.3 Å². The van der Waals surface area contributed by atoms with Gasteiger partial charge >= 0.3 is 0 Å². The Morgan fingerprint density at radius 2 is 2.11 bits per heavy atom. The van der Waals surface area contributed by atoms with Gasteiger partial charge in [-0.1, -0.05) is 30.3 Å². The van der Waals surface area contributed by atoms with Gasteiger partial charge in [0.25, 0.3) is 0 Å². The van der Waals surface area contributed by atoms with Crippen molar-refractivity contribution in [3.63, 3.8) is 0 Å². The van der Waals surface area contributed by atoms with Crippen LogP contribution in [0.5, 0.6) is 0 Å². The van der Waals surface area contributed by atoms with Crippen LogP contribution in [0.15, 0.2) is 30.3 Å². The third kappa shape index (κ3) is 2.01. The van der Waals surface area contributed by atoms with Crippen molar-refractivity contribution in [1.29, 1.82) is 0 Å². The monoisotopic (exact) mass is 243 g/mol. The summed E-state index contributed by atoms with van der Waals surface area (Å²) in [5.74, 6) is 1.35. The maximum Gasteiger partial charge on any atom is 0.204 e. The third-order valence-electron chi connectivity index (χ3n) is 3.60. The molecule has 5 heteroatoms. The van der Waals surface area contributed by atoms with Gasteiger partial charge in [0, 0.05) is 5.56 Å². The molecule has 2 aromatic rings. The minimum Gasteiger partial charge on any atom is -0.319 e. The molecule has 1 heterocycles. The first-order valence-electron chi connectivity index (χ1n) is 6.38. The average molecular weight is 243 g/mol. The average Bonchev–Trinajstić information content (AvgIpc) is 2.85. The Bertz CT molecular complexity index is 507. The van der Waals surface area contributed by atoms with Crippen LogP contribution in [0.2, 0.25) is 0 Å². The lowest BCUT2D eigenvalue weighted by atomic mass is 9.80. The van der Waals surface area contributed by atoms with Crippen molar-refractivity contribution in [3.8, 4) is 11.4 Å². The van der Waals surface area contributed by atoms with E-state index in [1.165, 1.54) is 6.42 Å². The van der Waals surface area contributed by atoms with Gasteiger partial charge in [-0.15, -0.1) is 10.2 Å². The van der Waals surface area contributed by atoms with Gasteiger partial charge in [0.05, 0.1) is 6.04 Å². The van der Waals surface area contributed by atoms with Gasteiger partial charge in [0.1, 0.15) is 0 Å². The van der Waals surface area contributed by atoms with Crippen LogP contribution in [0, 0.1) is 5.92 Å². The van der Waals surface area contributed by atoms with Crippen LogP contribution in [0.1, 0.15) is 18.9 Å². The number of nitrogens with one attached hydrogen (secondary N) is 1. The highest BCUT2D eigenvalue weighted by Crippen LogP contribution is 2.37. The van der Waals surface area contributed by atoms with Crippen LogP contribution in [-0.2, 0) is 0 Å². The van der Waals surface area contributed by atoms with E-state index in [1.54, 1.807) is 4.80 Å². The van der Waals surface area contributed by atoms with Crippen LogP contribution < -0.4 is 5.32 Å². The van der Waals surface area contributed by atoms with Crippen molar-refractivity contribution in [1.82, 2.24) is 25.5 Å². The molecule has 0 aliphatic heterocycles. The Morgan fingerprint density at radius 1 is 1.28 bits per heavy atom. The maximum atomic E-state index is 4.50. The molecule has 1 aromatic heterocycles. The van der Waals surface area contributed by atoms with Crippen molar-refractivity contribution in [2.75, 3.05) is 13.6 Å². The molecular weight excluding hydrogens is 226 g/mol. The van der Waals surface area contributed by atoms with E-state index in [9.17, 15) is 0 Å². The largest absolute Gasteiger partial charge is 0.319 e. The normalized spacial score (nSPS) is 22.7. The SMILES string of the molecule is CNCC1CCC1n1nnc(-c2ccccc2)n1. The summed E-state index contributed by atoms with van der Waals surface area (Å²) in [7, 11) is 1.99. The lowest BCUT2D eigenvalue weighted by Crippen LogP contribution is -2.36. The molecule has 0 saturated heterocycles. The van der Waals surface area contributed by atoms with E-state index < -0.39 is 0 Å². The lowest BCUT2D eigenvalue weighted by Gasteiger charge is -2.34. The van der Waals surface area contributed by atoms with Crippen LogP contribution in [0.25, 0.3) is 11.4 Å². The van der Waals surface area contributed by atoms with Gasteiger partial charge in [-0.25, -0.2) is 0 Å². The number of rotatable bonds is 4. The third-order valence-corrected chi connectivity index (χ3v) is 3.60. The zero-order valence-electron chi connectivity index (χ0n) is 10.5. The summed E-state index contributed by atoms with van der Waals surface area (Å²) in [5, 5.41) is 16.1. The molecule has 1 N–H and O–H groups in total. The first-order valence-corrected chi connectivity index (χ1v) is 6.38. The molecular formula is C13H17N5. The Kier molecular flexibility index (Phi) is 3.06. The Labute approximate surface area is 106 Å². The molecule has 1 fully saturated rings. The van der Waals surface area contributed by atoms with E-state index in [-0.39, 0.29) is 0 Å². The molecule has 5 nitrogen and oxygen atoms in total. The fourth-order valence-electron chi connectivity index (χ4n) is 2.42. The highest BCUT2D eigenvalue weighted by molar-refractivity contribution is 5.52. The first-order chi connectivity index (χ1) is 8.88. The van der Waals surface area contributed by atoms with E-state index in [4.69, 9.17) is 0 Å². The predicted molar refractivity (Wildman–Crippen MR) is 68.9 cm³/mol. The van der Waals surface area contributed by atoms with E-state index >= 15 is 0 Å². The van der Waals surface area contributed by atoms with E-state index in [0.717, 1.165) is 18.5 Å². The topological polar surface area (TPSA) is 55.6 Å². The molecule has 2 unspecified atom stereocenters. The molecule has 1 aliphatic carbocycles. The standard InChI is InChI=1S/C13H17N5/c1-14-9-11-7-8-12(11)18-16-13(15-17-18)10-5-3-2-4-6-10/h2-6,11-12,14H,7-9H2,1H3. The molecule has 3 rings (SSSR count). The summed E-state index contributed by atoms with van der Waals surface area (Å²) in [6.07, 6.45) is 2.39. The highest BCUT2D eigenvalue weighted by atomic mass is 15.6. The van der Waals surface area contributed by atoms with Crippen molar-refractivity contribution >= 4 is 0 Å². The molecule has 1 aromatic carbocycles. The van der Waals surface area contributed by atoms with Crippen LogP contribution in [0.4, 0.5) is 0 Å². The van der Waals surface area contributed by atoms with Crippen LogP contribution >= 0.6 is 0 Å². The molecule has 2 atom stereocenters. The summed E-state index contributed by atoms with van der Waals surface area (Å²) in [6.45, 7) is 1.02. The second kappa shape index (κ2) is 4.86. The number of nitrogens with zero attached hydrogens (tertiary/aromatic N) is 4. The quantitative estimate of drug-likeness (QED) is 0.884. The van der Waals surface area contributed by atoms with E-state index in [1.807, 2.05) is 37.4 Å². The molecule has 0 bridgehead atoms. The number of aromatic nitrogens is 4. The summed E-state index contributed by atoms with van der Waals surface area (Å²) in [4.78, 5) is 1.79. The van der Waals surface area contributed by atoms with Gasteiger partial charge in [-0.3, -0.25) is 0 Å². The maximum absolute atomic E-state index is 4.50. The smallest absolute Gasteiger partial charge is 0.204 e. The van der Waals surface area contributed by atoms with Crippen LogP contribution in [-0.4, -0.2) is 33.8 Å². The number of hydrogen-bond acceptors (Lipinski definition) is 4. The molecule has 0 amide bonds. The fourth-order valence-corrected chi connectivity index (χ4v) is 2.42. The predicted octanol–water partition coefficient (Wildman–Crippen LogP) is 1.51. The summed E-state index contributed by atoms with van der Waals surface area (Å²) >= 11 is 0. The second-order valence-corrected chi connectivity index (χ2v) is 4.76. The number of tetrazole rings is 1. The van der Waals surface area contributed by atoms with Gasteiger partial charge in [-0.2, -0.15) is 4.80 Å².